The Morgan fingerprint density at radius 2 is 0.968 bits per heavy atom. The Morgan fingerprint density at radius 3 is 1.30 bits per heavy atom. The third kappa shape index (κ3) is 22.9. The largest absolute Gasteiger partial charge is 0.560 e. The smallest absolute Gasteiger partial charge is 0.497 e. The van der Waals surface area contributed by atoms with E-state index in [0.717, 1.165) is 72.9 Å². The Hall–Kier alpha value is -9.42. The van der Waals surface area contributed by atoms with Crippen molar-refractivity contribution in [2.24, 2.45) is 34.3 Å². The first kappa shape index (κ1) is 98.4. The molecule has 6 heterocycles. The number of fused-ring (bicyclic) bond motifs is 2. The standard InChI is InChI=1S/C40H53N3O9S.C32H42N4O7S.C9H8N2O7.C6H12O.2ClH/c1-7-26-22-40(26,33(44)24-53(48,49)29-11-10-12-29)42-35(46)32-20-28(51-36-30-14-13-27(50-6)19-25(30)15-18-41-36)23-43(32)37(47)31(38(2,3)4)21-34(45)52-39(5)16-8-9-17-39;1-6-20-16-32(20,26(37)18-44(40,41)23-8-7-9-23)35-28(38)25-15-22(17-36(25)30(39)27(33)31(2,3)4)43-29-24-11-10-21(42-5)14-19(24)12-13-34-29;12-5-1-2-6(13)10(5)17-9(16)18-11-7(14)3-4-8(11)15;1-6(7)4-2-3-5-6;;/h7,13-15,18-19,26,28-29,31-32H,1,8-12,16-17,20-24H2,2-6H3,(H,42,46);6,10-14,20,22-23,25,27H,1,7-9,15-18,33H2,2-5H3,(H,35,38);1-4H2;7H,2-5H2,1H3;2*1H/t26-,28-,31-,32+,40-;20-,22-,25+,27-,32-;;;;/m11..../s1. The molecule has 2 aromatic carbocycles. The van der Waals surface area contributed by atoms with E-state index in [2.05, 4.69) is 43.4 Å². The number of methoxy groups -OCH3 is 2. The highest BCUT2D eigenvalue weighted by molar-refractivity contribution is 7.93. The molecule has 0 bridgehead atoms. The van der Waals surface area contributed by atoms with Gasteiger partial charge in [-0.15, -0.1) is 38.0 Å². The second kappa shape index (κ2) is 39.6. The number of sulfone groups is 2. The number of carbonyl (C=O) groups excluding carboxylic acids is 12. The molecule has 0 spiro atoms. The van der Waals surface area contributed by atoms with E-state index in [0.29, 0.717) is 48.9 Å². The van der Waals surface area contributed by atoms with Crippen LogP contribution in [-0.2, 0) is 86.8 Å². The van der Waals surface area contributed by atoms with Gasteiger partial charge in [0.25, 0.3) is 23.6 Å². The van der Waals surface area contributed by atoms with Crippen molar-refractivity contribution in [3.8, 4) is 23.3 Å². The van der Waals surface area contributed by atoms with Crippen molar-refractivity contribution in [3.63, 3.8) is 0 Å². The highest BCUT2D eigenvalue weighted by atomic mass is 35.5. The molecule has 4 aliphatic heterocycles. The number of aliphatic hydroxyl groups is 1. The van der Waals surface area contributed by atoms with Crippen molar-refractivity contribution in [2.45, 2.75) is 266 Å². The molecule has 8 amide bonds. The molecule has 10 aliphatic rings. The van der Waals surface area contributed by atoms with Gasteiger partial charge in [-0.2, -0.15) is 4.79 Å². The van der Waals surface area contributed by atoms with E-state index in [1.807, 2.05) is 91.8 Å². The van der Waals surface area contributed by atoms with E-state index in [4.69, 9.17) is 29.4 Å². The molecule has 33 nitrogen and oxygen atoms in total. The van der Waals surface area contributed by atoms with E-state index in [1.165, 1.54) is 22.6 Å². The summed E-state index contributed by atoms with van der Waals surface area (Å²) >= 11 is 0. The molecular formula is C87H117Cl2N9O24S2. The lowest BCUT2D eigenvalue weighted by molar-refractivity contribution is -0.198. The number of esters is 1. The number of rotatable bonds is 27. The van der Waals surface area contributed by atoms with Crippen molar-refractivity contribution in [2.75, 3.05) is 38.8 Å². The van der Waals surface area contributed by atoms with Crippen LogP contribution in [0.5, 0.6) is 23.3 Å². The van der Waals surface area contributed by atoms with Crippen LogP contribution in [0.3, 0.4) is 0 Å². The maximum Gasteiger partial charge on any atom is 0.560 e. The SMILES string of the molecule is C=C[C@@H]1C[C@]1(NC(=O)[C@@H]1C[C@@H](Oc2nccc3cc(OC)ccc23)CN1C(=O)[C@@H](CC(=O)OC1(C)CCCC1)C(C)(C)C)C(=O)CS(=O)(=O)C1CCC1.C=C[C@@H]1C[C@]1(NC(=O)[C@@H]1C[C@@H](Oc2nccc3cc(OC)ccc23)CN1C(=O)[C@@H](N)C(C)(C)C)C(=O)CS(=O)(=O)C1CCC1.CC1(O)CCCC1.Cl.Cl.O=C(ON1C(=O)CCC1=O)ON1C(=O)CCC1=O. The highest BCUT2D eigenvalue weighted by Crippen LogP contribution is 2.49. The molecule has 2 aromatic heterocycles. The number of imide groups is 2. The van der Waals surface area contributed by atoms with Gasteiger partial charge in [-0.25, -0.2) is 26.8 Å². The first-order valence-corrected chi connectivity index (χ1v) is 45.3. The molecule has 10 fully saturated rings. The molecule has 124 heavy (non-hydrogen) atoms. The summed E-state index contributed by atoms with van der Waals surface area (Å²) in [6.45, 7) is 22.7. The number of pyridine rings is 2. The fourth-order valence-electron chi connectivity index (χ4n) is 16.7. The average molecular weight is 1810 g/mol. The molecule has 4 saturated heterocycles. The lowest BCUT2D eigenvalue weighted by Crippen LogP contribution is -2.57. The summed E-state index contributed by atoms with van der Waals surface area (Å²) in [5.41, 5.74) is 1.44. The Labute approximate surface area is 735 Å². The van der Waals surface area contributed by atoms with Crippen LogP contribution in [-0.4, -0.2) is 225 Å². The summed E-state index contributed by atoms with van der Waals surface area (Å²) in [6, 6.07) is 11.7. The van der Waals surface area contributed by atoms with Crippen LogP contribution < -0.4 is 35.3 Å². The van der Waals surface area contributed by atoms with Gasteiger partial charge in [-0.3, -0.25) is 62.4 Å². The normalized spacial score (nSPS) is 24.8. The van der Waals surface area contributed by atoms with Gasteiger partial charge in [0.2, 0.25) is 35.4 Å². The van der Waals surface area contributed by atoms with Gasteiger partial charge in [0.05, 0.1) is 61.8 Å². The second-order valence-corrected chi connectivity index (χ2v) is 40.9. The Balaban J connectivity index is 0.000000219. The number of benzene rings is 2. The first-order valence-electron chi connectivity index (χ1n) is 41.9. The van der Waals surface area contributed by atoms with Gasteiger partial charge in [0.15, 0.2) is 31.2 Å². The molecule has 14 rings (SSSR count). The third-order valence-corrected chi connectivity index (χ3v) is 29.5. The number of Topliss-reactive ketones (excluding diaryl/α,β-unsaturated/α-hetero) is 2. The average Bonchev–Trinajstić information content (AvgIpc) is 1.58. The van der Waals surface area contributed by atoms with E-state index in [9.17, 15) is 79.5 Å². The summed E-state index contributed by atoms with van der Waals surface area (Å²) in [5, 5.41) is 17.6. The fourth-order valence-corrected chi connectivity index (χ4v) is 20.6. The zero-order valence-electron chi connectivity index (χ0n) is 71.9. The number of amides is 8. The lowest BCUT2D eigenvalue weighted by Gasteiger charge is -2.35. The van der Waals surface area contributed by atoms with E-state index >= 15 is 0 Å². The minimum atomic E-state index is -3.67. The molecule has 0 radical (unpaired) electrons. The van der Waals surface area contributed by atoms with Gasteiger partial charge in [-0.05, 0) is 161 Å². The highest BCUT2D eigenvalue weighted by Gasteiger charge is 2.63. The number of nitrogens with two attached hydrogens (primary N) is 1. The van der Waals surface area contributed by atoms with Gasteiger partial charge in [0, 0.05) is 73.5 Å². The number of hydroxylamine groups is 4. The quantitative estimate of drug-likeness (QED) is 0.0245. The zero-order chi connectivity index (χ0) is 89.0. The van der Waals surface area contributed by atoms with Crippen LogP contribution in [0, 0.1) is 28.6 Å². The van der Waals surface area contributed by atoms with E-state index in [-0.39, 0.29) is 111 Å². The Kier molecular flexibility index (Phi) is 31.4. The van der Waals surface area contributed by atoms with Crippen molar-refractivity contribution in [1.29, 1.82) is 0 Å². The zero-order valence-corrected chi connectivity index (χ0v) is 75.2. The van der Waals surface area contributed by atoms with Gasteiger partial charge < -0.3 is 55.0 Å². The van der Waals surface area contributed by atoms with Crippen LogP contribution >= 0.6 is 24.8 Å². The lowest BCUT2D eigenvalue weighted by atomic mass is 9.77. The minimum Gasteiger partial charge on any atom is -0.497 e. The van der Waals surface area contributed by atoms with Gasteiger partial charge in [-0.1, -0.05) is 89.5 Å². The number of likely N-dealkylation sites (tertiary alicyclic amines) is 2. The molecule has 680 valence electrons. The molecule has 10 atom stereocenters. The van der Waals surface area contributed by atoms with Crippen LogP contribution in [0.25, 0.3) is 21.5 Å². The van der Waals surface area contributed by atoms with E-state index in [1.54, 1.807) is 50.9 Å². The second-order valence-electron chi connectivity index (χ2n) is 36.3. The number of nitrogens with one attached hydrogen (secondary N) is 2. The van der Waals surface area contributed by atoms with Crippen molar-refractivity contribution in [3.05, 3.63) is 86.2 Å². The molecule has 4 aromatic rings. The van der Waals surface area contributed by atoms with Gasteiger partial charge >= 0.3 is 12.1 Å². The summed E-state index contributed by atoms with van der Waals surface area (Å²) in [6.07, 6.45) is 15.6. The predicted octanol–water partition coefficient (Wildman–Crippen LogP) is 9.10. The van der Waals surface area contributed by atoms with Gasteiger partial charge in [0.1, 0.15) is 64.0 Å². The van der Waals surface area contributed by atoms with Crippen molar-refractivity contribution in [1.82, 2.24) is 40.5 Å². The Morgan fingerprint density at radius 1 is 0.581 bits per heavy atom. The summed E-state index contributed by atoms with van der Waals surface area (Å²) in [5.74, 6) is -7.23. The first-order chi connectivity index (χ1) is 57.4. The summed E-state index contributed by atoms with van der Waals surface area (Å²) < 4.78 is 81.1. The fraction of sp³-hybridized carbons (Fsp3) is 0.609. The number of ether oxygens (including phenoxy) is 5. The van der Waals surface area contributed by atoms with E-state index < -0.39 is 188 Å². The number of halogens is 2. The monoisotopic (exact) mass is 1810 g/mol. The third-order valence-electron chi connectivity index (χ3n) is 25.2. The molecule has 6 saturated carbocycles. The maximum absolute atomic E-state index is 14.7. The molecule has 6 aliphatic carbocycles. The number of carbonyl (C=O) groups is 12. The van der Waals surface area contributed by atoms with Crippen LogP contribution in [0.4, 0.5) is 4.79 Å². The van der Waals surface area contributed by atoms with Crippen molar-refractivity contribution < 1.29 is 113 Å². The topological polar surface area (TPSA) is 447 Å². The van der Waals surface area contributed by atoms with Crippen molar-refractivity contribution >= 4 is 137 Å². The molecule has 5 N–H and O–H groups in total. The van der Waals surface area contributed by atoms with Crippen LogP contribution in [0.1, 0.15) is 203 Å². The number of hydrogen-bond donors (Lipinski definition) is 4. The number of aromatic nitrogens is 2. The number of ketones is 2. The Bertz CT molecular complexity index is 4910. The summed E-state index contributed by atoms with van der Waals surface area (Å²) in [4.78, 5) is 173. The number of nitrogens with zero attached hydrogens (tertiary/aromatic N) is 6. The summed E-state index contributed by atoms with van der Waals surface area (Å²) in [7, 11) is -4.13. The number of hydrogen-bond acceptors (Lipinski definition) is 27. The van der Waals surface area contributed by atoms with Crippen LogP contribution in [0.15, 0.2) is 86.2 Å². The van der Waals surface area contributed by atoms with Crippen LogP contribution in [0.2, 0.25) is 0 Å². The molecule has 37 heteroatoms. The molecule has 0 unspecified atom stereocenters. The molecular weight excluding hydrogens is 1690 g/mol. The minimum absolute atomic E-state index is 0. The maximum atomic E-state index is 14.7. The predicted molar refractivity (Wildman–Crippen MR) is 458 cm³/mol.